The van der Waals surface area contributed by atoms with Gasteiger partial charge in [-0.25, -0.2) is 9.97 Å². The average Bonchev–Trinajstić information content (AvgIpc) is 3.04. The molecule has 12 nitrogen and oxygen atoms in total. The molecule has 0 fully saturated rings. The lowest BCUT2D eigenvalue weighted by Gasteiger charge is -2.09. The predicted octanol–water partition coefficient (Wildman–Crippen LogP) is -0.961. The van der Waals surface area contributed by atoms with Crippen molar-refractivity contribution in [3.05, 3.63) is 85.5 Å². The van der Waals surface area contributed by atoms with E-state index in [1.807, 2.05) is 36.4 Å². The number of hydrogen-bond donors (Lipinski definition) is 4. The number of aromatic amines is 2. The number of rotatable bonds is 8. The van der Waals surface area contributed by atoms with Crippen LogP contribution in [0.1, 0.15) is 0 Å². The van der Waals surface area contributed by atoms with E-state index in [0.717, 1.165) is 44.8 Å². The first-order valence-corrected chi connectivity index (χ1v) is 13.4. The van der Waals surface area contributed by atoms with Crippen LogP contribution in [0.2, 0.25) is 0 Å². The Balaban J connectivity index is 0.000000240. The van der Waals surface area contributed by atoms with Gasteiger partial charge in [-0.1, -0.05) is 12.1 Å². The number of benzene rings is 4. The second-order valence-corrected chi connectivity index (χ2v) is 9.35. The minimum absolute atomic E-state index is 0. The molecule has 240 valence electrons. The van der Waals surface area contributed by atoms with Gasteiger partial charge >= 0.3 is 0 Å². The Morgan fingerprint density at radius 2 is 0.913 bits per heavy atom. The Hall–Kier alpha value is -5.46. The van der Waals surface area contributed by atoms with E-state index in [2.05, 4.69) is 30.6 Å². The Labute approximate surface area is 277 Å². The van der Waals surface area contributed by atoms with E-state index in [1.54, 1.807) is 77.5 Å². The van der Waals surface area contributed by atoms with Gasteiger partial charge in [0.25, 0.3) is 0 Å². The highest BCUT2D eigenvalue weighted by atomic mass is 35.5. The molecule has 0 aliphatic rings. The highest BCUT2D eigenvalue weighted by Crippen LogP contribution is 2.35. The van der Waals surface area contributed by atoms with Crippen LogP contribution in [0.25, 0.3) is 21.8 Å². The molecule has 6 N–H and O–H groups in total. The van der Waals surface area contributed by atoms with Gasteiger partial charge < -0.3 is 54.0 Å². The monoisotopic (exact) mass is 666 g/mol. The number of nitrogens with zero attached hydrogens (tertiary/aromatic N) is 2. The Morgan fingerprint density at radius 3 is 1.26 bits per heavy atom. The van der Waals surface area contributed by atoms with Gasteiger partial charge in [-0.3, -0.25) is 10.6 Å². The molecule has 0 radical (unpaired) electrons. The zero-order valence-electron chi connectivity index (χ0n) is 25.3. The van der Waals surface area contributed by atoms with Crippen molar-refractivity contribution in [2.45, 2.75) is 0 Å². The molecule has 6 aromatic rings. The molecule has 0 saturated heterocycles. The number of H-pyrrole nitrogens is 2. The fourth-order valence-corrected chi connectivity index (χ4v) is 4.50. The van der Waals surface area contributed by atoms with Gasteiger partial charge in [-0.05, 0) is 24.3 Å². The fourth-order valence-electron chi connectivity index (χ4n) is 4.50. The lowest BCUT2D eigenvalue weighted by Crippen LogP contribution is -3.00. The molecule has 0 spiro atoms. The number of phenolic OH excluding ortho intramolecular Hbond substituents is 2. The zero-order valence-corrected chi connectivity index (χ0v) is 26.8. The largest absolute Gasteiger partial charge is 1.00 e. The number of aromatic hydroxyl groups is 2. The topological polar surface area (TPSA) is 156 Å². The van der Waals surface area contributed by atoms with Crippen LogP contribution in [0.4, 0.5) is 23.0 Å². The first kappa shape index (κ1) is 35.0. The van der Waals surface area contributed by atoms with E-state index in [1.165, 1.54) is 0 Å². The van der Waals surface area contributed by atoms with Crippen molar-refractivity contribution in [2.75, 3.05) is 39.1 Å². The molecule has 14 heteroatoms. The van der Waals surface area contributed by atoms with Crippen molar-refractivity contribution < 1.29 is 63.9 Å². The van der Waals surface area contributed by atoms with E-state index >= 15 is 0 Å². The minimum atomic E-state index is 0. The van der Waals surface area contributed by atoms with E-state index in [0.29, 0.717) is 23.0 Å². The van der Waals surface area contributed by atoms with E-state index < -0.39 is 0 Å². The molecule has 0 bridgehead atoms. The maximum Gasteiger partial charge on any atom is 0.234 e. The summed E-state index contributed by atoms with van der Waals surface area (Å²) in [7, 11) is 6.35. The van der Waals surface area contributed by atoms with Gasteiger partial charge in [0.2, 0.25) is 24.3 Å². The number of ether oxygens (including phenoxy) is 4. The standard InChI is InChI=1S/2C16H15N3O3.2ClH/c2*1-21-14-7-12-13(8-15(14)22-2)17-9-18-16(12)19-10-4-3-5-11(20)6-10;;/h2*3-9,20H,1-2H3,(H,17,18,19);2*1H. The van der Waals surface area contributed by atoms with Crippen molar-refractivity contribution in [2.24, 2.45) is 0 Å². The summed E-state index contributed by atoms with van der Waals surface area (Å²) < 4.78 is 21.2. The van der Waals surface area contributed by atoms with Gasteiger partial charge in [0, 0.05) is 36.4 Å². The second kappa shape index (κ2) is 16.0. The summed E-state index contributed by atoms with van der Waals surface area (Å²) in [4.78, 5) is 14.7. The van der Waals surface area contributed by atoms with Crippen molar-refractivity contribution in [3.8, 4) is 34.5 Å². The first-order chi connectivity index (χ1) is 21.4. The molecule has 0 aliphatic heterocycles. The fraction of sp³-hybridized carbons (Fsp3) is 0.125. The normalized spacial score (nSPS) is 10.0. The maximum atomic E-state index is 9.56. The van der Waals surface area contributed by atoms with Crippen molar-refractivity contribution in [3.63, 3.8) is 0 Å². The molecule has 46 heavy (non-hydrogen) atoms. The van der Waals surface area contributed by atoms with Crippen LogP contribution in [0.5, 0.6) is 34.5 Å². The van der Waals surface area contributed by atoms with Gasteiger partial charge in [0.1, 0.15) is 11.5 Å². The summed E-state index contributed by atoms with van der Waals surface area (Å²) in [5.41, 5.74) is 3.05. The third kappa shape index (κ3) is 7.97. The molecule has 0 aliphatic carbocycles. The lowest BCUT2D eigenvalue weighted by molar-refractivity contribution is -0.363. The summed E-state index contributed by atoms with van der Waals surface area (Å²) in [6.07, 6.45) is 3.19. The Morgan fingerprint density at radius 1 is 0.543 bits per heavy atom. The summed E-state index contributed by atoms with van der Waals surface area (Å²) >= 11 is 0. The highest BCUT2D eigenvalue weighted by Gasteiger charge is 2.16. The van der Waals surface area contributed by atoms with Crippen LogP contribution in [0, 0.1) is 0 Å². The maximum absolute atomic E-state index is 9.56. The van der Waals surface area contributed by atoms with E-state index in [-0.39, 0.29) is 36.3 Å². The third-order valence-electron chi connectivity index (χ3n) is 6.60. The summed E-state index contributed by atoms with van der Waals surface area (Å²) in [6.45, 7) is 0. The summed E-state index contributed by atoms with van der Waals surface area (Å²) in [6, 6.07) is 21.1. The number of nitrogens with one attached hydrogen (secondary N) is 4. The lowest BCUT2D eigenvalue weighted by atomic mass is 10.2. The van der Waals surface area contributed by atoms with Gasteiger partial charge in [0.05, 0.1) is 50.6 Å². The second-order valence-electron chi connectivity index (χ2n) is 9.35. The number of fused-ring (bicyclic) bond motifs is 2. The zero-order chi connectivity index (χ0) is 31.1. The minimum Gasteiger partial charge on any atom is -1.00 e. The quantitative estimate of drug-likeness (QED) is 0.160. The molecule has 0 atom stereocenters. The van der Waals surface area contributed by atoms with Crippen LogP contribution in [-0.2, 0) is 0 Å². The molecule has 4 aromatic carbocycles. The number of phenols is 2. The Kier molecular flexibility index (Phi) is 12.2. The van der Waals surface area contributed by atoms with Gasteiger partial charge in [-0.15, -0.1) is 9.97 Å². The number of hydrogen-bond acceptors (Lipinski definition) is 10. The van der Waals surface area contributed by atoms with Crippen molar-refractivity contribution in [1.29, 1.82) is 0 Å². The first-order valence-electron chi connectivity index (χ1n) is 13.4. The number of methoxy groups -OCH3 is 4. The van der Waals surface area contributed by atoms with Crippen LogP contribution < -0.4 is 64.4 Å². The molecular formula is C32H32Cl2N6O6. The highest BCUT2D eigenvalue weighted by molar-refractivity contribution is 5.92. The van der Waals surface area contributed by atoms with Crippen LogP contribution in [-0.4, -0.2) is 48.6 Å². The molecule has 2 aromatic heterocycles. The average molecular weight is 668 g/mol. The van der Waals surface area contributed by atoms with Crippen molar-refractivity contribution in [1.82, 2.24) is 9.97 Å². The van der Waals surface area contributed by atoms with Crippen LogP contribution >= 0.6 is 0 Å². The smallest absolute Gasteiger partial charge is 0.234 e. The van der Waals surface area contributed by atoms with Gasteiger partial charge in [-0.2, -0.15) is 0 Å². The van der Waals surface area contributed by atoms with Crippen LogP contribution in [0.15, 0.2) is 85.5 Å². The van der Waals surface area contributed by atoms with Gasteiger partial charge in [0.15, 0.2) is 34.0 Å². The Bertz CT molecular complexity index is 1790. The number of anilines is 4. The number of halogens is 2. The third-order valence-corrected chi connectivity index (χ3v) is 6.60. The van der Waals surface area contributed by atoms with E-state index in [4.69, 9.17) is 18.9 Å². The molecule has 0 amide bonds. The summed E-state index contributed by atoms with van der Waals surface area (Å²) in [5, 5.41) is 27.3. The summed E-state index contributed by atoms with van der Waals surface area (Å²) in [5.74, 6) is 4.37. The molecule has 2 heterocycles. The predicted molar refractivity (Wildman–Crippen MR) is 166 cm³/mol. The SMILES string of the molecule is COc1cc2nc[nH+]c(Nc3cccc(O)c3)c2cc1OC.COc1cc2nc[nH+]c(Nc3cccc(O)c3)c2cc1OC.[Cl-].[Cl-]. The molecular weight excluding hydrogens is 635 g/mol. The van der Waals surface area contributed by atoms with Crippen molar-refractivity contribution >= 4 is 44.8 Å². The number of aromatic nitrogens is 4. The molecule has 6 rings (SSSR count). The molecule has 0 unspecified atom stereocenters. The van der Waals surface area contributed by atoms with E-state index in [9.17, 15) is 10.2 Å². The molecule has 0 saturated carbocycles. The van der Waals surface area contributed by atoms with Crippen LogP contribution in [0.3, 0.4) is 0 Å².